The highest BCUT2D eigenvalue weighted by atomic mass is 16.3. The number of nitrogens with zero attached hydrogens (tertiary/aromatic N) is 1. The molecule has 1 aliphatic carbocycles. The van der Waals surface area contributed by atoms with Gasteiger partial charge in [0.15, 0.2) is 0 Å². The van der Waals surface area contributed by atoms with E-state index in [-0.39, 0.29) is 29.5 Å². The number of phenols is 1. The Labute approximate surface area is 160 Å². The zero-order valence-electron chi connectivity index (χ0n) is 15.8. The van der Waals surface area contributed by atoms with Gasteiger partial charge in [-0.3, -0.25) is 9.59 Å². The van der Waals surface area contributed by atoms with E-state index in [1.807, 2.05) is 50.4 Å². The van der Waals surface area contributed by atoms with Crippen molar-refractivity contribution in [3.8, 4) is 16.9 Å². The summed E-state index contributed by atoms with van der Waals surface area (Å²) >= 11 is 0. The van der Waals surface area contributed by atoms with Crippen LogP contribution in [0.1, 0.15) is 36.5 Å². The van der Waals surface area contributed by atoms with Crippen LogP contribution < -0.4 is 5.32 Å². The number of hydrogen-bond donors (Lipinski definition) is 2. The van der Waals surface area contributed by atoms with Crippen LogP contribution in [0.4, 0.5) is 0 Å². The van der Waals surface area contributed by atoms with Crippen molar-refractivity contribution in [1.82, 2.24) is 10.2 Å². The minimum Gasteiger partial charge on any atom is -0.508 e. The smallest absolute Gasteiger partial charge is 0.253 e. The van der Waals surface area contributed by atoms with Gasteiger partial charge >= 0.3 is 0 Å². The van der Waals surface area contributed by atoms with Gasteiger partial charge < -0.3 is 15.3 Å². The van der Waals surface area contributed by atoms with E-state index in [0.29, 0.717) is 12.1 Å². The molecular formula is C22H26N2O3. The molecule has 0 saturated heterocycles. The zero-order chi connectivity index (χ0) is 19.4. The van der Waals surface area contributed by atoms with Gasteiger partial charge in [0.25, 0.3) is 5.91 Å². The molecule has 1 aliphatic rings. The predicted octanol–water partition coefficient (Wildman–Crippen LogP) is 3.44. The van der Waals surface area contributed by atoms with Gasteiger partial charge in [-0.15, -0.1) is 0 Å². The number of benzene rings is 2. The Morgan fingerprint density at radius 2 is 1.63 bits per heavy atom. The summed E-state index contributed by atoms with van der Waals surface area (Å²) in [5, 5.41) is 12.3. The highest BCUT2D eigenvalue weighted by Crippen LogP contribution is 2.30. The van der Waals surface area contributed by atoms with E-state index in [1.54, 1.807) is 17.0 Å². The van der Waals surface area contributed by atoms with Gasteiger partial charge in [0, 0.05) is 31.1 Å². The van der Waals surface area contributed by atoms with Crippen molar-refractivity contribution >= 4 is 11.8 Å². The SMILES string of the molecule is CCNC(=O)[C@H]1CC[C@@H](N(C)C(=O)c2ccc(-c3ccc(O)cc3)cc2)C1. The monoisotopic (exact) mass is 366 g/mol. The van der Waals surface area contributed by atoms with Gasteiger partial charge in [-0.2, -0.15) is 0 Å². The maximum Gasteiger partial charge on any atom is 0.253 e. The van der Waals surface area contributed by atoms with Crippen LogP contribution in [0.2, 0.25) is 0 Å². The molecule has 5 heteroatoms. The number of nitrogens with one attached hydrogen (secondary N) is 1. The molecule has 27 heavy (non-hydrogen) atoms. The van der Waals surface area contributed by atoms with Crippen LogP contribution in [0.25, 0.3) is 11.1 Å². The summed E-state index contributed by atoms with van der Waals surface area (Å²) in [4.78, 5) is 26.6. The first-order valence-corrected chi connectivity index (χ1v) is 9.44. The maximum atomic E-state index is 12.8. The lowest BCUT2D eigenvalue weighted by Gasteiger charge is -2.25. The first-order chi connectivity index (χ1) is 13.0. The fraction of sp³-hybridized carbons (Fsp3) is 0.364. The van der Waals surface area contributed by atoms with Crippen molar-refractivity contribution in [2.75, 3.05) is 13.6 Å². The molecule has 3 rings (SSSR count). The summed E-state index contributed by atoms with van der Waals surface area (Å²) in [6.07, 6.45) is 2.41. The quantitative estimate of drug-likeness (QED) is 0.852. The third-order valence-corrected chi connectivity index (χ3v) is 5.33. The third-order valence-electron chi connectivity index (χ3n) is 5.33. The molecule has 2 N–H and O–H groups in total. The Bertz CT molecular complexity index is 799. The fourth-order valence-electron chi connectivity index (χ4n) is 3.69. The Hall–Kier alpha value is -2.82. The highest BCUT2D eigenvalue weighted by Gasteiger charge is 2.33. The normalized spacial score (nSPS) is 18.9. The summed E-state index contributed by atoms with van der Waals surface area (Å²) in [5.41, 5.74) is 2.62. The molecule has 0 aromatic heterocycles. The van der Waals surface area contributed by atoms with Crippen LogP contribution >= 0.6 is 0 Å². The topological polar surface area (TPSA) is 69.6 Å². The Morgan fingerprint density at radius 3 is 2.22 bits per heavy atom. The summed E-state index contributed by atoms with van der Waals surface area (Å²) in [7, 11) is 1.82. The molecule has 1 fully saturated rings. The van der Waals surface area contributed by atoms with Crippen LogP contribution in [0.5, 0.6) is 5.75 Å². The molecule has 2 atom stereocenters. The van der Waals surface area contributed by atoms with Crippen molar-refractivity contribution in [1.29, 1.82) is 0 Å². The molecule has 0 aliphatic heterocycles. The molecule has 0 heterocycles. The number of rotatable bonds is 5. The average molecular weight is 366 g/mol. The Balaban J connectivity index is 1.65. The van der Waals surface area contributed by atoms with Gasteiger partial charge in [-0.05, 0) is 61.6 Å². The minimum absolute atomic E-state index is 0.00192. The van der Waals surface area contributed by atoms with Crippen LogP contribution in [0, 0.1) is 5.92 Å². The maximum absolute atomic E-state index is 12.8. The van der Waals surface area contributed by atoms with Crippen molar-refractivity contribution in [2.24, 2.45) is 5.92 Å². The lowest BCUT2D eigenvalue weighted by atomic mass is 10.0. The summed E-state index contributed by atoms with van der Waals surface area (Å²) < 4.78 is 0. The number of phenolic OH excluding ortho intramolecular Hbond substituents is 1. The van der Waals surface area contributed by atoms with E-state index in [9.17, 15) is 14.7 Å². The van der Waals surface area contributed by atoms with Gasteiger partial charge in [0.1, 0.15) is 5.75 Å². The minimum atomic E-state index is -0.0196. The predicted molar refractivity (Wildman–Crippen MR) is 105 cm³/mol. The van der Waals surface area contributed by atoms with Crippen LogP contribution in [-0.2, 0) is 4.79 Å². The molecule has 1 saturated carbocycles. The molecule has 5 nitrogen and oxygen atoms in total. The third kappa shape index (κ3) is 4.30. The number of carbonyl (C=O) groups excluding carboxylic acids is 2. The summed E-state index contributed by atoms with van der Waals surface area (Å²) in [5.74, 6) is 0.310. The number of amides is 2. The van der Waals surface area contributed by atoms with Crippen molar-refractivity contribution < 1.29 is 14.7 Å². The van der Waals surface area contributed by atoms with Gasteiger partial charge in [0.05, 0.1) is 0 Å². The lowest BCUT2D eigenvalue weighted by Crippen LogP contribution is -2.36. The molecule has 142 valence electrons. The van der Waals surface area contributed by atoms with E-state index in [1.165, 1.54) is 0 Å². The largest absolute Gasteiger partial charge is 0.508 e. The van der Waals surface area contributed by atoms with Gasteiger partial charge in [0.2, 0.25) is 5.91 Å². The van der Waals surface area contributed by atoms with Crippen LogP contribution in [0.15, 0.2) is 48.5 Å². The van der Waals surface area contributed by atoms with Crippen LogP contribution in [-0.4, -0.2) is 41.5 Å². The molecule has 0 radical (unpaired) electrons. The standard InChI is InChI=1S/C22H26N2O3/c1-3-23-21(26)18-8-11-19(14-18)24(2)22(27)17-6-4-15(5-7-17)16-9-12-20(25)13-10-16/h4-7,9-10,12-13,18-19,25H,3,8,11,14H2,1-2H3,(H,23,26)/t18-,19+/m0/s1. The van der Waals surface area contributed by atoms with E-state index in [4.69, 9.17) is 0 Å². The second-order valence-corrected chi connectivity index (χ2v) is 7.10. The van der Waals surface area contributed by atoms with Crippen molar-refractivity contribution in [3.63, 3.8) is 0 Å². The molecular weight excluding hydrogens is 340 g/mol. The second-order valence-electron chi connectivity index (χ2n) is 7.10. The van der Waals surface area contributed by atoms with Gasteiger partial charge in [-0.1, -0.05) is 24.3 Å². The number of hydrogen-bond acceptors (Lipinski definition) is 3. The molecule has 2 aromatic rings. The summed E-state index contributed by atoms with van der Waals surface area (Å²) in [6, 6.07) is 14.6. The number of carbonyl (C=O) groups is 2. The lowest BCUT2D eigenvalue weighted by molar-refractivity contribution is -0.124. The molecule has 0 unspecified atom stereocenters. The highest BCUT2D eigenvalue weighted by molar-refractivity contribution is 5.95. The van der Waals surface area contributed by atoms with E-state index >= 15 is 0 Å². The second kappa shape index (κ2) is 8.25. The van der Waals surface area contributed by atoms with Crippen LogP contribution in [0.3, 0.4) is 0 Å². The van der Waals surface area contributed by atoms with E-state index in [2.05, 4.69) is 5.32 Å². The number of aromatic hydroxyl groups is 1. The average Bonchev–Trinajstić information content (AvgIpc) is 3.18. The fourth-order valence-corrected chi connectivity index (χ4v) is 3.69. The molecule has 2 amide bonds. The Kier molecular flexibility index (Phi) is 5.79. The molecule has 0 bridgehead atoms. The van der Waals surface area contributed by atoms with E-state index in [0.717, 1.165) is 30.4 Å². The zero-order valence-corrected chi connectivity index (χ0v) is 15.8. The molecule has 2 aromatic carbocycles. The summed E-state index contributed by atoms with van der Waals surface area (Å²) in [6.45, 7) is 2.56. The Morgan fingerprint density at radius 1 is 1.04 bits per heavy atom. The van der Waals surface area contributed by atoms with E-state index < -0.39 is 0 Å². The first-order valence-electron chi connectivity index (χ1n) is 9.44. The van der Waals surface area contributed by atoms with Crippen molar-refractivity contribution in [3.05, 3.63) is 54.1 Å². The van der Waals surface area contributed by atoms with Crippen molar-refractivity contribution in [2.45, 2.75) is 32.2 Å². The first kappa shape index (κ1) is 19.0. The molecule has 0 spiro atoms. The van der Waals surface area contributed by atoms with Gasteiger partial charge in [-0.25, -0.2) is 0 Å².